The average molecular weight is 318 g/mol. The molecule has 5 heteroatoms. The molecule has 1 amide bonds. The molecule has 0 radical (unpaired) electrons. The molecule has 0 bridgehead atoms. The zero-order chi connectivity index (χ0) is 16.1. The second-order valence-electron chi connectivity index (χ2n) is 6.41. The van der Waals surface area contributed by atoms with E-state index in [1.54, 1.807) is 13.2 Å². The van der Waals surface area contributed by atoms with E-state index < -0.39 is 0 Å². The Morgan fingerprint density at radius 1 is 1.17 bits per heavy atom. The van der Waals surface area contributed by atoms with Gasteiger partial charge in [-0.1, -0.05) is 0 Å². The predicted octanol–water partition coefficient (Wildman–Crippen LogP) is 2.50. The largest absolute Gasteiger partial charge is 0.493 e. The fraction of sp³-hybridized carbons (Fsp3) is 0.611. The first-order chi connectivity index (χ1) is 11.3. The first kappa shape index (κ1) is 16.1. The maximum Gasteiger partial charge on any atom is 0.251 e. The number of hydrogen-bond donors (Lipinski definition) is 2. The number of piperidine rings is 1. The van der Waals surface area contributed by atoms with Crippen LogP contribution in [-0.4, -0.2) is 38.3 Å². The third-order valence-electron chi connectivity index (χ3n) is 4.65. The Morgan fingerprint density at radius 3 is 2.70 bits per heavy atom. The summed E-state index contributed by atoms with van der Waals surface area (Å²) in [5, 5.41) is 6.39. The van der Waals surface area contributed by atoms with Gasteiger partial charge in [0, 0.05) is 18.2 Å². The summed E-state index contributed by atoms with van der Waals surface area (Å²) in [6, 6.07) is 5.65. The van der Waals surface area contributed by atoms with E-state index in [0.717, 1.165) is 44.5 Å². The lowest BCUT2D eigenvalue weighted by Crippen LogP contribution is -2.45. The molecule has 2 N–H and O–H groups in total. The van der Waals surface area contributed by atoms with Crippen molar-refractivity contribution >= 4 is 5.91 Å². The van der Waals surface area contributed by atoms with Crippen LogP contribution in [0.3, 0.4) is 0 Å². The number of carbonyl (C=O) groups excluding carboxylic acids is 1. The minimum absolute atomic E-state index is 0.0515. The topological polar surface area (TPSA) is 59.6 Å². The van der Waals surface area contributed by atoms with E-state index in [4.69, 9.17) is 9.47 Å². The Bertz CT molecular complexity index is 535. The third-order valence-corrected chi connectivity index (χ3v) is 4.65. The van der Waals surface area contributed by atoms with Gasteiger partial charge in [-0.15, -0.1) is 0 Å². The minimum atomic E-state index is -0.0515. The molecule has 23 heavy (non-hydrogen) atoms. The Morgan fingerprint density at radius 2 is 2.00 bits per heavy atom. The molecule has 1 saturated carbocycles. The maximum atomic E-state index is 12.4. The molecule has 2 fully saturated rings. The molecule has 0 unspecified atom stereocenters. The van der Waals surface area contributed by atoms with Gasteiger partial charge in [-0.2, -0.15) is 0 Å². The van der Waals surface area contributed by atoms with Crippen molar-refractivity contribution in [3.05, 3.63) is 23.8 Å². The highest BCUT2D eigenvalue weighted by Crippen LogP contribution is 2.32. The number of hydrogen-bond acceptors (Lipinski definition) is 4. The van der Waals surface area contributed by atoms with E-state index in [-0.39, 0.29) is 18.1 Å². The van der Waals surface area contributed by atoms with Crippen molar-refractivity contribution < 1.29 is 14.3 Å². The van der Waals surface area contributed by atoms with Crippen LogP contribution >= 0.6 is 0 Å². The molecule has 1 aromatic rings. The van der Waals surface area contributed by atoms with Crippen LogP contribution < -0.4 is 20.1 Å². The smallest absolute Gasteiger partial charge is 0.251 e. The van der Waals surface area contributed by atoms with Gasteiger partial charge in [-0.3, -0.25) is 4.79 Å². The zero-order valence-electron chi connectivity index (χ0n) is 13.8. The number of nitrogens with one attached hydrogen (secondary N) is 2. The van der Waals surface area contributed by atoms with Crippen molar-refractivity contribution in [1.29, 1.82) is 0 Å². The fourth-order valence-corrected chi connectivity index (χ4v) is 3.34. The Hall–Kier alpha value is -1.75. The molecule has 126 valence electrons. The molecule has 0 aromatic heterocycles. The molecule has 1 aliphatic carbocycles. The van der Waals surface area contributed by atoms with Crippen molar-refractivity contribution in [1.82, 2.24) is 10.6 Å². The summed E-state index contributed by atoms with van der Waals surface area (Å²) in [4.78, 5) is 12.4. The molecule has 1 saturated heterocycles. The summed E-state index contributed by atoms with van der Waals surface area (Å²) in [5.74, 6) is 1.31. The van der Waals surface area contributed by atoms with Gasteiger partial charge in [-0.05, 0) is 63.3 Å². The minimum Gasteiger partial charge on any atom is -0.493 e. The summed E-state index contributed by atoms with van der Waals surface area (Å²) in [5.41, 5.74) is 0.617. The standard InChI is InChI=1S/C18H26N2O3/c1-22-17-11-13(18(21)20-14-5-4-10-19-12-14)8-9-16(17)23-15-6-2-3-7-15/h8-9,11,14-15,19H,2-7,10,12H2,1H3,(H,20,21)/t14-/m0/s1. The fourth-order valence-electron chi connectivity index (χ4n) is 3.34. The number of ether oxygens (including phenoxy) is 2. The van der Waals surface area contributed by atoms with E-state index in [0.29, 0.717) is 11.3 Å². The van der Waals surface area contributed by atoms with Gasteiger partial charge in [0.15, 0.2) is 11.5 Å². The molecular formula is C18H26N2O3. The molecule has 1 aromatic carbocycles. The van der Waals surface area contributed by atoms with Crippen molar-refractivity contribution in [3.8, 4) is 11.5 Å². The molecule has 2 aliphatic rings. The third kappa shape index (κ3) is 4.16. The van der Waals surface area contributed by atoms with E-state index in [9.17, 15) is 4.79 Å². The number of rotatable bonds is 5. The Balaban J connectivity index is 1.66. The van der Waals surface area contributed by atoms with Crippen molar-refractivity contribution in [2.24, 2.45) is 0 Å². The summed E-state index contributed by atoms with van der Waals surface area (Å²) in [6.07, 6.45) is 7.05. The van der Waals surface area contributed by atoms with Crippen LogP contribution in [0.25, 0.3) is 0 Å². The van der Waals surface area contributed by atoms with Crippen LogP contribution in [0.2, 0.25) is 0 Å². The van der Waals surface area contributed by atoms with Gasteiger partial charge in [-0.25, -0.2) is 0 Å². The summed E-state index contributed by atoms with van der Waals surface area (Å²) < 4.78 is 11.4. The van der Waals surface area contributed by atoms with E-state index in [1.165, 1.54) is 12.8 Å². The molecule has 1 heterocycles. The highest BCUT2D eigenvalue weighted by Gasteiger charge is 2.20. The normalized spacial score (nSPS) is 21.9. The van der Waals surface area contributed by atoms with Gasteiger partial charge >= 0.3 is 0 Å². The van der Waals surface area contributed by atoms with Crippen molar-refractivity contribution in [2.75, 3.05) is 20.2 Å². The van der Waals surface area contributed by atoms with Crippen LogP contribution in [0.4, 0.5) is 0 Å². The van der Waals surface area contributed by atoms with Crippen LogP contribution in [0.1, 0.15) is 48.9 Å². The number of carbonyl (C=O) groups is 1. The predicted molar refractivity (Wildman–Crippen MR) is 89.2 cm³/mol. The van der Waals surface area contributed by atoms with Gasteiger partial charge in [0.25, 0.3) is 5.91 Å². The second-order valence-corrected chi connectivity index (χ2v) is 6.41. The van der Waals surface area contributed by atoms with E-state index >= 15 is 0 Å². The zero-order valence-corrected chi connectivity index (χ0v) is 13.8. The quantitative estimate of drug-likeness (QED) is 0.876. The number of methoxy groups -OCH3 is 1. The lowest BCUT2D eigenvalue weighted by Gasteiger charge is -2.24. The van der Waals surface area contributed by atoms with Gasteiger partial charge in [0.1, 0.15) is 0 Å². The lowest BCUT2D eigenvalue weighted by molar-refractivity contribution is 0.0930. The molecule has 5 nitrogen and oxygen atoms in total. The summed E-state index contributed by atoms with van der Waals surface area (Å²) in [6.45, 7) is 1.87. The van der Waals surface area contributed by atoms with Crippen LogP contribution in [-0.2, 0) is 0 Å². The van der Waals surface area contributed by atoms with Gasteiger partial charge in [0.05, 0.1) is 13.2 Å². The maximum absolute atomic E-state index is 12.4. The summed E-state index contributed by atoms with van der Waals surface area (Å²) >= 11 is 0. The Kier molecular flexibility index (Phi) is 5.39. The first-order valence-corrected chi connectivity index (χ1v) is 8.62. The number of benzene rings is 1. The first-order valence-electron chi connectivity index (χ1n) is 8.62. The van der Waals surface area contributed by atoms with E-state index in [2.05, 4.69) is 10.6 Å². The highest BCUT2D eigenvalue weighted by atomic mass is 16.5. The average Bonchev–Trinajstić information content (AvgIpc) is 3.09. The molecular weight excluding hydrogens is 292 g/mol. The monoisotopic (exact) mass is 318 g/mol. The van der Waals surface area contributed by atoms with Gasteiger partial charge in [0.2, 0.25) is 0 Å². The lowest BCUT2D eigenvalue weighted by atomic mass is 10.1. The Labute approximate surface area is 137 Å². The SMILES string of the molecule is COc1cc(C(=O)N[C@H]2CCCNC2)ccc1OC1CCCC1. The van der Waals surface area contributed by atoms with Crippen LogP contribution in [0, 0.1) is 0 Å². The molecule has 0 spiro atoms. The molecule has 3 rings (SSSR count). The van der Waals surface area contributed by atoms with Crippen LogP contribution in [0.5, 0.6) is 11.5 Å². The van der Waals surface area contributed by atoms with Crippen molar-refractivity contribution in [2.45, 2.75) is 50.7 Å². The molecule has 1 aliphatic heterocycles. The number of amides is 1. The molecule has 1 atom stereocenters. The summed E-state index contributed by atoms with van der Waals surface area (Å²) in [7, 11) is 1.61. The van der Waals surface area contributed by atoms with Crippen molar-refractivity contribution in [3.63, 3.8) is 0 Å². The van der Waals surface area contributed by atoms with E-state index in [1.807, 2.05) is 12.1 Å². The highest BCUT2D eigenvalue weighted by molar-refractivity contribution is 5.95. The van der Waals surface area contributed by atoms with Gasteiger partial charge < -0.3 is 20.1 Å². The van der Waals surface area contributed by atoms with Crippen LogP contribution in [0.15, 0.2) is 18.2 Å². The second kappa shape index (κ2) is 7.68.